The molecule has 0 bridgehead atoms. The third-order valence-electron chi connectivity index (χ3n) is 6.73. The van der Waals surface area contributed by atoms with Crippen molar-refractivity contribution < 1.29 is 23.3 Å². The lowest BCUT2D eigenvalue weighted by molar-refractivity contribution is 0.0694. The minimum absolute atomic E-state index is 0.160. The summed E-state index contributed by atoms with van der Waals surface area (Å²) in [7, 11) is 0. The molecule has 0 aliphatic carbocycles. The van der Waals surface area contributed by atoms with Gasteiger partial charge in [0, 0.05) is 24.2 Å². The lowest BCUT2D eigenvalue weighted by atomic mass is 9.97. The lowest BCUT2D eigenvalue weighted by Gasteiger charge is -2.31. The molecule has 8 nitrogen and oxygen atoms in total. The number of halogens is 1. The summed E-state index contributed by atoms with van der Waals surface area (Å²) >= 11 is 0. The number of rotatable bonds is 4. The van der Waals surface area contributed by atoms with Crippen molar-refractivity contribution in [3.05, 3.63) is 101 Å². The summed E-state index contributed by atoms with van der Waals surface area (Å²) in [5.74, 6) is -0.882. The largest absolute Gasteiger partial charge is 0.339 e. The first-order valence-electron chi connectivity index (χ1n) is 12.0. The van der Waals surface area contributed by atoms with E-state index >= 15 is 0 Å². The van der Waals surface area contributed by atoms with Gasteiger partial charge in [-0.15, -0.1) is 0 Å². The number of hydrogen-bond donors (Lipinski definition) is 0. The molecule has 6 rings (SSSR count). The van der Waals surface area contributed by atoms with Crippen LogP contribution in [0.2, 0.25) is 0 Å². The molecule has 0 saturated carbocycles. The molecule has 37 heavy (non-hydrogen) atoms. The van der Waals surface area contributed by atoms with Gasteiger partial charge >= 0.3 is 0 Å². The first kappa shape index (κ1) is 22.8. The zero-order chi connectivity index (χ0) is 25.5. The second-order valence-corrected chi connectivity index (χ2v) is 9.10. The van der Waals surface area contributed by atoms with Gasteiger partial charge in [-0.25, -0.2) is 9.29 Å². The maximum absolute atomic E-state index is 13.6. The Morgan fingerprint density at radius 2 is 1.70 bits per heavy atom. The topological polar surface area (TPSA) is 96.6 Å². The molecule has 0 spiro atoms. The Labute approximate surface area is 211 Å². The summed E-state index contributed by atoms with van der Waals surface area (Å²) < 4.78 is 19.1. The van der Waals surface area contributed by atoms with Gasteiger partial charge in [-0.1, -0.05) is 35.5 Å². The van der Waals surface area contributed by atoms with Crippen LogP contribution < -0.4 is 4.90 Å². The monoisotopic (exact) mass is 496 g/mol. The number of nitrogens with zero attached hydrogens (tertiary/aromatic N) is 4. The van der Waals surface area contributed by atoms with E-state index in [0.29, 0.717) is 52.7 Å². The number of piperidine rings is 1. The van der Waals surface area contributed by atoms with E-state index in [1.165, 1.54) is 12.1 Å². The van der Waals surface area contributed by atoms with Crippen molar-refractivity contribution in [3.63, 3.8) is 0 Å². The molecule has 184 valence electrons. The minimum Gasteiger partial charge on any atom is -0.339 e. The van der Waals surface area contributed by atoms with E-state index in [1.807, 2.05) is 0 Å². The van der Waals surface area contributed by atoms with E-state index in [9.17, 15) is 18.8 Å². The Morgan fingerprint density at radius 3 is 2.46 bits per heavy atom. The smallest absolute Gasteiger partial charge is 0.266 e. The van der Waals surface area contributed by atoms with Gasteiger partial charge in [0.1, 0.15) is 5.82 Å². The highest BCUT2D eigenvalue weighted by Crippen LogP contribution is 2.31. The molecule has 3 amide bonds. The van der Waals surface area contributed by atoms with Gasteiger partial charge in [0.2, 0.25) is 11.7 Å². The third kappa shape index (κ3) is 4.08. The molecule has 2 aliphatic heterocycles. The highest BCUT2D eigenvalue weighted by Gasteiger charge is 2.37. The van der Waals surface area contributed by atoms with Crippen LogP contribution in [-0.4, -0.2) is 45.9 Å². The SMILES string of the molecule is O=C(c1cccc(N2C(=O)c3ccccc3C2=O)c1)N1CCCC(c2nc(-c3cccc(F)c3)no2)C1. The van der Waals surface area contributed by atoms with Gasteiger partial charge in [-0.2, -0.15) is 4.98 Å². The average Bonchev–Trinajstić information content (AvgIpc) is 3.52. The van der Waals surface area contributed by atoms with Crippen molar-refractivity contribution in [2.45, 2.75) is 18.8 Å². The van der Waals surface area contributed by atoms with Crippen molar-refractivity contribution in [3.8, 4) is 11.4 Å². The molecule has 1 atom stereocenters. The maximum Gasteiger partial charge on any atom is 0.266 e. The number of anilines is 1. The van der Waals surface area contributed by atoms with Crippen molar-refractivity contribution in [2.75, 3.05) is 18.0 Å². The summed E-state index contributed by atoms with van der Waals surface area (Å²) in [5, 5.41) is 3.99. The number of amides is 3. The molecule has 4 aromatic rings. The summed E-state index contributed by atoms with van der Waals surface area (Å²) in [6.07, 6.45) is 1.51. The van der Waals surface area contributed by atoms with Gasteiger partial charge in [-0.3, -0.25) is 14.4 Å². The predicted octanol–water partition coefficient (Wildman–Crippen LogP) is 4.70. The molecule has 2 aliphatic rings. The third-order valence-corrected chi connectivity index (χ3v) is 6.73. The molecule has 3 heterocycles. The quantitative estimate of drug-likeness (QED) is 0.380. The number of likely N-dealkylation sites (tertiary alicyclic amines) is 1. The zero-order valence-electron chi connectivity index (χ0n) is 19.6. The van der Waals surface area contributed by atoms with E-state index in [1.54, 1.807) is 65.6 Å². The van der Waals surface area contributed by atoms with Gasteiger partial charge in [0.15, 0.2) is 0 Å². The van der Waals surface area contributed by atoms with Gasteiger partial charge < -0.3 is 9.42 Å². The van der Waals surface area contributed by atoms with Gasteiger partial charge in [-0.05, 0) is 55.3 Å². The fraction of sp³-hybridized carbons (Fsp3) is 0.179. The molecule has 3 aromatic carbocycles. The average molecular weight is 496 g/mol. The van der Waals surface area contributed by atoms with Gasteiger partial charge in [0.05, 0.1) is 22.7 Å². The van der Waals surface area contributed by atoms with Crippen molar-refractivity contribution in [2.24, 2.45) is 0 Å². The highest BCUT2D eigenvalue weighted by molar-refractivity contribution is 6.34. The zero-order valence-corrected chi connectivity index (χ0v) is 19.6. The fourth-order valence-electron chi connectivity index (χ4n) is 4.89. The number of fused-ring (bicyclic) bond motifs is 1. The Bertz CT molecular complexity index is 1510. The predicted molar refractivity (Wildman–Crippen MR) is 132 cm³/mol. The maximum atomic E-state index is 13.6. The second-order valence-electron chi connectivity index (χ2n) is 9.10. The van der Waals surface area contributed by atoms with E-state index < -0.39 is 11.8 Å². The fourth-order valence-corrected chi connectivity index (χ4v) is 4.89. The Hall–Kier alpha value is -4.66. The standard InChI is InChI=1S/C28H21FN4O4/c29-20-9-3-6-17(14-20)24-30-25(37-31-24)19-8-5-13-32(16-19)26(34)18-7-4-10-21(15-18)33-27(35)22-11-1-2-12-23(22)28(33)36/h1-4,6-7,9-12,14-15,19H,5,8,13,16H2. The lowest BCUT2D eigenvalue weighted by Crippen LogP contribution is -2.39. The van der Waals surface area contributed by atoms with Crippen LogP contribution in [0.25, 0.3) is 11.4 Å². The Balaban J connectivity index is 1.20. The van der Waals surface area contributed by atoms with Crippen LogP contribution >= 0.6 is 0 Å². The van der Waals surface area contributed by atoms with Crippen molar-refractivity contribution in [1.82, 2.24) is 15.0 Å². The van der Waals surface area contributed by atoms with Crippen LogP contribution in [0.4, 0.5) is 10.1 Å². The van der Waals surface area contributed by atoms with E-state index in [4.69, 9.17) is 4.52 Å². The van der Waals surface area contributed by atoms with Crippen LogP contribution in [-0.2, 0) is 0 Å². The van der Waals surface area contributed by atoms with Crippen LogP contribution in [0.3, 0.4) is 0 Å². The molecule has 0 radical (unpaired) electrons. The number of imide groups is 1. The summed E-state index contributed by atoms with van der Waals surface area (Å²) in [6.45, 7) is 0.929. The van der Waals surface area contributed by atoms with Crippen molar-refractivity contribution >= 4 is 23.4 Å². The number of carbonyl (C=O) groups is 3. The molecular formula is C28H21FN4O4. The van der Waals surface area contributed by atoms with Crippen molar-refractivity contribution in [1.29, 1.82) is 0 Å². The van der Waals surface area contributed by atoms with E-state index in [2.05, 4.69) is 10.1 Å². The van der Waals surface area contributed by atoms with E-state index in [-0.39, 0.29) is 17.6 Å². The molecule has 1 saturated heterocycles. The van der Waals surface area contributed by atoms with Crippen LogP contribution in [0.1, 0.15) is 55.7 Å². The Morgan fingerprint density at radius 1 is 0.946 bits per heavy atom. The molecular weight excluding hydrogens is 475 g/mol. The number of hydrogen-bond acceptors (Lipinski definition) is 6. The van der Waals surface area contributed by atoms with Crippen LogP contribution in [0, 0.1) is 5.82 Å². The molecule has 1 fully saturated rings. The molecule has 9 heteroatoms. The highest BCUT2D eigenvalue weighted by atomic mass is 19.1. The van der Waals surface area contributed by atoms with Gasteiger partial charge in [0.25, 0.3) is 17.7 Å². The molecule has 0 N–H and O–H groups in total. The summed E-state index contributed by atoms with van der Waals surface area (Å²) in [4.78, 5) is 46.4. The van der Waals surface area contributed by atoms with Crippen LogP contribution in [0.5, 0.6) is 0 Å². The van der Waals surface area contributed by atoms with Crippen LogP contribution in [0.15, 0.2) is 77.3 Å². The number of aromatic nitrogens is 2. The molecule has 1 unspecified atom stereocenters. The first-order valence-corrected chi connectivity index (χ1v) is 12.0. The number of carbonyl (C=O) groups excluding carboxylic acids is 3. The second kappa shape index (κ2) is 9.09. The number of benzene rings is 3. The molecule has 1 aromatic heterocycles. The first-order chi connectivity index (χ1) is 18.0. The minimum atomic E-state index is -0.409. The normalized spacial score (nSPS) is 17.3. The van der Waals surface area contributed by atoms with E-state index in [0.717, 1.165) is 17.7 Å². The summed E-state index contributed by atoms with van der Waals surface area (Å²) in [5.41, 5.74) is 1.94. The summed E-state index contributed by atoms with van der Waals surface area (Å²) in [6, 6.07) is 19.2. The Kier molecular flexibility index (Phi) is 5.60.